The van der Waals surface area contributed by atoms with Crippen LogP contribution in [0.15, 0.2) is 24.3 Å². The fraction of sp³-hybridized carbons (Fsp3) is 0.571. The molecule has 3 heteroatoms. The Morgan fingerprint density at radius 3 is 2.76 bits per heavy atom. The molecule has 1 atom stereocenters. The molecule has 17 heavy (non-hydrogen) atoms. The number of rotatable bonds is 5. The van der Waals surface area contributed by atoms with Crippen molar-refractivity contribution in [2.45, 2.75) is 18.8 Å². The van der Waals surface area contributed by atoms with Crippen LogP contribution in [0.25, 0.3) is 0 Å². The maximum absolute atomic E-state index is 5.98. The van der Waals surface area contributed by atoms with Crippen molar-refractivity contribution >= 4 is 0 Å². The lowest BCUT2D eigenvalue weighted by Crippen LogP contribution is -2.39. The van der Waals surface area contributed by atoms with Crippen molar-refractivity contribution in [3.63, 3.8) is 0 Å². The number of hydrogen-bond acceptors (Lipinski definition) is 3. The van der Waals surface area contributed by atoms with Gasteiger partial charge in [-0.3, -0.25) is 0 Å². The van der Waals surface area contributed by atoms with Crippen LogP contribution in [-0.4, -0.2) is 26.9 Å². The fourth-order valence-electron chi connectivity index (χ4n) is 2.36. The molecule has 1 saturated heterocycles. The van der Waals surface area contributed by atoms with Gasteiger partial charge in [-0.15, -0.1) is 0 Å². The van der Waals surface area contributed by atoms with E-state index in [2.05, 4.69) is 19.1 Å². The van der Waals surface area contributed by atoms with Gasteiger partial charge in [0.1, 0.15) is 5.75 Å². The maximum atomic E-state index is 5.98. The SMILES string of the molecule is COc1cccc(C(C)(CN)CC2COC2)c1. The average molecular weight is 235 g/mol. The zero-order chi connectivity index (χ0) is 12.3. The van der Waals surface area contributed by atoms with Crippen molar-refractivity contribution < 1.29 is 9.47 Å². The second-order valence-corrected chi connectivity index (χ2v) is 5.10. The molecule has 0 saturated carbocycles. The Kier molecular flexibility index (Phi) is 3.69. The molecule has 1 aromatic carbocycles. The molecule has 1 heterocycles. The van der Waals surface area contributed by atoms with Crippen molar-refractivity contribution in [3.8, 4) is 5.75 Å². The lowest BCUT2D eigenvalue weighted by atomic mass is 9.75. The molecular weight excluding hydrogens is 214 g/mol. The monoisotopic (exact) mass is 235 g/mol. The van der Waals surface area contributed by atoms with E-state index < -0.39 is 0 Å². The van der Waals surface area contributed by atoms with E-state index in [1.807, 2.05) is 12.1 Å². The van der Waals surface area contributed by atoms with Gasteiger partial charge in [0.15, 0.2) is 0 Å². The summed E-state index contributed by atoms with van der Waals surface area (Å²) in [6, 6.07) is 8.22. The lowest BCUT2D eigenvalue weighted by Gasteiger charge is -2.36. The average Bonchev–Trinajstić information content (AvgIpc) is 2.33. The number of methoxy groups -OCH3 is 1. The van der Waals surface area contributed by atoms with Gasteiger partial charge in [-0.2, -0.15) is 0 Å². The third kappa shape index (κ3) is 2.61. The Hall–Kier alpha value is -1.06. The van der Waals surface area contributed by atoms with Gasteiger partial charge in [0, 0.05) is 17.9 Å². The summed E-state index contributed by atoms with van der Waals surface area (Å²) in [5.41, 5.74) is 7.25. The van der Waals surface area contributed by atoms with E-state index in [4.69, 9.17) is 15.2 Å². The third-order valence-corrected chi connectivity index (χ3v) is 3.66. The second kappa shape index (κ2) is 5.07. The molecule has 94 valence electrons. The standard InChI is InChI=1S/C14H21NO2/c1-14(10-15,7-11-8-17-9-11)12-4-3-5-13(6-12)16-2/h3-6,11H,7-10,15H2,1-2H3. The Labute approximate surface area is 103 Å². The molecule has 2 N–H and O–H groups in total. The van der Waals surface area contributed by atoms with Gasteiger partial charge < -0.3 is 15.2 Å². The minimum atomic E-state index is 0.0169. The first-order valence-electron chi connectivity index (χ1n) is 6.10. The van der Waals surface area contributed by atoms with Gasteiger partial charge in [-0.05, 0) is 24.1 Å². The predicted molar refractivity (Wildman–Crippen MR) is 68.3 cm³/mol. The van der Waals surface area contributed by atoms with Gasteiger partial charge in [-0.1, -0.05) is 19.1 Å². The summed E-state index contributed by atoms with van der Waals surface area (Å²) in [7, 11) is 1.69. The Morgan fingerprint density at radius 2 is 2.24 bits per heavy atom. The number of hydrogen-bond donors (Lipinski definition) is 1. The summed E-state index contributed by atoms with van der Waals surface area (Å²) >= 11 is 0. The predicted octanol–water partition coefficient (Wildman–Crippen LogP) is 1.95. The van der Waals surface area contributed by atoms with E-state index in [0.717, 1.165) is 25.4 Å². The van der Waals surface area contributed by atoms with Crippen molar-refractivity contribution in [1.29, 1.82) is 0 Å². The Balaban J connectivity index is 2.19. The highest BCUT2D eigenvalue weighted by Gasteiger charge is 2.32. The molecule has 2 rings (SSSR count). The van der Waals surface area contributed by atoms with Gasteiger partial charge in [0.25, 0.3) is 0 Å². The molecule has 0 amide bonds. The van der Waals surface area contributed by atoms with Crippen molar-refractivity contribution in [2.24, 2.45) is 11.7 Å². The van der Waals surface area contributed by atoms with Gasteiger partial charge in [0.05, 0.1) is 20.3 Å². The van der Waals surface area contributed by atoms with Crippen LogP contribution in [0.4, 0.5) is 0 Å². The summed E-state index contributed by atoms with van der Waals surface area (Å²) in [5, 5.41) is 0. The van der Waals surface area contributed by atoms with Crippen LogP contribution in [-0.2, 0) is 10.2 Å². The molecule has 0 spiro atoms. The van der Waals surface area contributed by atoms with E-state index in [-0.39, 0.29) is 5.41 Å². The highest BCUT2D eigenvalue weighted by atomic mass is 16.5. The quantitative estimate of drug-likeness (QED) is 0.848. The van der Waals surface area contributed by atoms with Crippen LogP contribution in [0, 0.1) is 5.92 Å². The maximum Gasteiger partial charge on any atom is 0.119 e. The van der Waals surface area contributed by atoms with Crippen LogP contribution in [0.5, 0.6) is 5.75 Å². The topological polar surface area (TPSA) is 44.5 Å². The lowest BCUT2D eigenvalue weighted by molar-refractivity contribution is -0.0441. The van der Waals surface area contributed by atoms with Crippen molar-refractivity contribution in [1.82, 2.24) is 0 Å². The van der Waals surface area contributed by atoms with E-state index >= 15 is 0 Å². The van der Waals surface area contributed by atoms with E-state index in [0.29, 0.717) is 12.5 Å². The number of nitrogens with two attached hydrogens (primary N) is 1. The largest absolute Gasteiger partial charge is 0.497 e. The molecular formula is C14H21NO2. The molecule has 1 aliphatic heterocycles. The van der Waals surface area contributed by atoms with Crippen LogP contribution in [0.2, 0.25) is 0 Å². The highest BCUT2D eigenvalue weighted by molar-refractivity contribution is 5.34. The van der Waals surface area contributed by atoms with Gasteiger partial charge >= 0.3 is 0 Å². The number of ether oxygens (including phenoxy) is 2. The summed E-state index contributed by atoms with van der Waals surface area (Å²) in [6.07, 6.45) is 1.08. The third-order valence-electron chi connectivity index (χ3n) is 3.66. The second-order valence-electron chi connectivity index (χ2n) is 5.10. The van der Waals surface area contributed by atoms with Crippen molar-refractivity contribution in [2.75, 3.05) is 26.9 Å². The first-order chi connectivity index (χ1) is 8.18. The smallest absolute Gasteiger partial charge is 0.119 e. The molecule has 1 aliphatic rings. The number of benzene rings is 1. The van der Waals surface area contributed by atoms with Gasteiger partial charge in [0.2, 0.25) is 0 Å². The summed E-state index contributed by atoms with van der Waals surface area (Å²) < 4.78 is 10.5. The van der Waals surface area contributed by atoms with Crippen LogP contribution in [0.1, 0.15) is 18.9 Å². The molecule has 0 bridgehead atoms. The zero-order valence-electron chi connectivity index (χ0n) is 10.6. The molecule has 0 aromatic heterocycles. The molecule has 1 unspecified atom stereocenters. The van der Waals surface area contributed by atoms with Gasteiger partial charge in [-0.25, -0.2) is 0 Å². The summed E-state index contributed by atoms with van der Waals surface area (Å²) in [6.45, 7) is 4.62. The molecule has 1 aromatic rings. The zero-order valence-corrected chi connectivity index (χ0v) is 10.6. The van der Waals surface area contributed by atoms with Crippen LogP contribution < -0.4 is 10.5 Å². The summed E-state index contributed by atoms with van der Waals surface area (Å²) in [5.74, 6) is 1.54. The highest BCUT2D eigenvalue weighted by Crippen LogP contribution is 2.34. The minimum absolute atomic E-state index is 0.0169. The Morgan fingerprint density at radius 1 is 1.47 bits per heavy atom. The fourth-order valence-corrected chi connectivity index (χ4v) is 2.36. The molecule has 0 aliphatic carbocycles. The van der Waals surface area contributed by atoms with E-state index in [1.165, 1.54) is 5.56 Å². The van der Waals surface area contributed by atoms with E-state index in [9.17, 15) is 0 Å². The van der Waals surface area contributed by atoms with Crippen LogP contribution in [0.3, 0.4) is 0 Å². The summed E-state index contributed by atoms with van der Waals surface area (Å²) in [4.78, 5) is 0. The first-order valence-corrected chi connectivity index (χ1v) is 6.10. The van der Waals surface area contributed by atoms with E-state index in [1.54, 1.807) is 7.11 Å². The Bertz CT molecular complexity index is 376. The normalized spacial score (nSPS) is 19.5. The first kappa shape index (κ1) is 12.4. The molecule has 3 nitrogen and oxygen atoms in total. The van der Waals surface area contributed by atoms with Crippen molar-refractivity contribution in [3.05, 3.63) is 29.8 Å². The van der Waals surface area contributed by atoms with Crippen LogP contribution >= 0.6 is 0 Å². The molecule has 1 fully saturated rings. The minimum Gasteiger partial charge on any atom is -0.497 e. The molecule has 0 radical (unpaired) electrons.